The molecular weight excluding hydrogens is 182 g/mol. The van der Waals surface area contributed by atoms with Crippen LogP contribution in [0.3, 0.4) is 0 Å². The normalized spacial score (nSPS) is 19.9. The zero-order chi connectivity index (χ0) is 10.6. The highest BCUT2D eigenvalue weighted by atomic mass is 16.5. The molecule has 0 unspecified atom stereocenters. The van der Waals surface area contributed by atoms with Crippen molar-refractivity contribution >= 4 is 11.9 Å². The zero-order valence-corrected chi connectivity index (χ0v) is 8.76. The van der Waals surface area contributed by atoms with E-state index in [1.54, 1.807) is 0 Å². The number of methoxy groups -OCH3 is 1. The molecule has 0 saturated heterocycles. The first-order valence-corrected chi connectivity index (χ1v) is 4.98. The zero-order valence-electron chi connectivity index (χ0n) is 8.76. The third kappa shape index (κ3) is 2.72. The van der Waals surface area contributed by atoms with Crippen LogP contribution in [0.4, 0.5) is 0 Å². The van der Waals surface area contributed by atoms with Crippen molar-refractivity contribution in [3.63, 3.8) is 0 Å². The minimum Gasteiger partial charge on any atom is -0.462 e. The number of amides is 1. The number of ether oxygens (including phenoxy) is 1. The molecule has 0 aromatic carbocycles. The molecule has 1 N–H and O–H groups in total. The Bertz CT molecular complexity index is 232. The summed E-state index contributed by atoms with van der Waals surface area (Å²) in [6.07, 6.45) is 5.31. The standard InChI is InChI=1S/C10H17NO3/c1-10(6-4-3-5-7-10)11-8(12)9(13)14-2/h3-7H2,1-2H3,(H,11,12). The molecule has 1 fully saturated rings. The van der Waals surface area contributed by atoms with Gasteiger partial charge < -0.3 is 10.1 Å². The van der Waals surface area contributed by atoms with Crippen LogP contribution in [-0.4, -0.2) is 24.5 Å². The molecule has 4 heteroatoms. The molecule has 0 spiro atoms. The van der Waals surface area contributed by atoms with Gasteiger partial charge in [0.1, 0.15) is 0 Å². The van der Waals surface area contributed by atoms with Gasteiger partial charge in [-0.3, -0.25) is 4.79 Å². The number of rotatable bonds is 1. The maximum absolute atomic E-state index is 11.3. The maximum Gasteiger partial charge on any atom is 0.396 e. The van der Waals surface area contributed by atoms with Crippen molar-refractivity contribution in [2.24, 2.45) is 0 Å². The fourth-order valence-corrected chi connectivity index (χ4v) is 1.87. The maximum atomic E-state index is 11.3. The third-order valence-corrected chi connectivity index (χ3v) is 2.74. The van der Waals surface area contributed by atoms with E-state index in [-0.39, 0.29) is 5.54 Å². The highest BCUT2D eigenvalue weighted by Gasteiger charge is 2.30. The lowest BCUT2D eigenvalue weighted by atomic mass is 9.83. The van der Waals surface area contributed by atoms with Crippen molar-refractivity contribution < 1.29 is 14.3 Å². The molecule has 0 atom stereocenters. The van der Waals surface area contributed by atoms with Gasteiger partial charge in [0.05, 0.1) is 7.11 Å². The summed E-state index contributed by atoms with van der Waals surface area (Å²) in [6.45, 7) is 1.98. The number of hydrogen-bond donors (Lipinski definition) is 1. The van der Waals surface area contributed by atoms with E-state index in [1.165, 1.54) is 13.5 Å². The SMILES string of the molecule is COC(=O)C(=O)NC1(C)CCCCC1. The van der Waals surface area contributed by atoms with Gasteiger partial charge in [-0.25, -0.2) is 4.79 Å². The van der Waals surface area contributed by atoms with Crippen LogP contribution >= 0.6 is 0 Å². The summed E-state index contributed by atoms with van der Waals surface area (Å²) in [4.78, 5) is 22.2. The lowest BCUT2D eigenvalue weighted by molar-refractivity contribution is -0.153. The molecule has 0 aliphatic heterocycles. The number of nitrogens with one attached hydrogen (secondary N) is 1. The Morgan fingerprint density at radius 3 is 2.29 bits per heavy atom. The molecule has 14 heavy (non-hydrogen) atoms. The first-order valence-electron chi connectivity index (χ1n) is 4.98. The van der Waals surface area contributed by atoms with Crippen LogP contribution in [0, 0.1) is 0 Å². The average Bonchev–Trinajstić information content (AvgIpc) is 2.17. The van der Waals surface area contributed by atoms with Crippen molar-refractivity contribution in [3.8, 4) is 0 Å². The van der Waals surface area contributed by atoms with Crippen molar-refractivity contribution in [1.29, 1.82) is 0 Å². The van der Waals surface area contributed by atoms with Crippen LogP contribution in [0.15, 0.2) is 0 Å². The Kier molecular flexibility index (Phi) is 3.49. The van der Waals surface area contributed by atoms with E-state index in [1.807, 2.05) is 6.92 Å². The number of hydrogen-bond acceptors (Lipinski definition) is 3. The molecule has 0 aromatic heterocycles. The summed E-state index contributed by atoms with van der Waals surface area (Å²) in [5.41, 5.74) is -0.219. The molecule has 1 aliphatic rings. The van der Waals surface area contributed by atoms with E-state index in [9.17, 15) is 9.59 Å². The summed E-state index contributed by atoms with van der Waals surface area (Å²) >= 11 is 0. The summed E-state index contributed by atoms with van der Waals surface area (Å²) < 4.78 is 4.35. The monoisotopic (exact) mass is 199 g/mol. The summed E-state index contributed by atoms with van der Waals surface area (Å²) in [5.74, 6) is -1.44. The van der Waals surface area contributed by atoms with Crippen molar-refractivity contribution in [2.45, 2.75) is 44.6 Å². The molecule has 4 nitrogen and oxygen atoms in total. The third-order valence-electron chi connectivity index (χ3n) is 2.74. The van der Waals surface area contributed by atoms with Gasteiger partial charge in [0.25, 0.3) is 0 Å². The van der Waals surface area contributed by atoms with Crippen molar-refractivity contribution in [1.82, 2.24) is 5.32 Å². The molecule has 0 aromatic rings. The molecule has 1 saturated carbocycles. The van der Waals surface area contributed by atoms with Crippen LogP contribution in [0.25, 0.3) is 0 Å². The van der Waals surface area contributed by atoms with E-state index in [0.717, 1.165) is 25.7 Å². The van der Waals surface area contributed by atoms with E-state index in [2.05, 4.69) is 10.1 Å². The van der Waals surface area contributed by atoms with Crippen LogP contribution < -0.4 is 5.32 Å². The highest BCUT2D eigenvalue weighted by molar-refractivity contribution is 6.32. The number of carbonyl (C=O) groups excluding carboxylic acids is 2. The molecular formula is C10H17NO3. The predicted molar refractivity (Wildman–Crippen MR) is 51.6 cm³/mol. The number of esters is 1. The summed E-state index contributed by atoms with van der Waals surface area (Å²) in [5, 5.41) is 2.73. The summed E-state index contributed by atoms with van der Waals surface area (Å²) in [6, 6.07) is 0. The van der Waals surface area contributed by atoms with Gasteiger partial charge in [-0.15, -0.1) is 0 Å². The lowest BCUT2D eigenvalue weighted by Gasteiger charge is -2.33. The molecule has 80 valence electrons. The van der Waals surface area contributed by atoms with E-state index < -0.39 is 11.9 Å². The largest absolute Gasteiger partial charge is 0.462 e. The molecule has 1 amide bonds. The van der Waals surface area contributed by atoms with E-state index >= 15 is 0 Å². The van der Waals surface area contributed by atoms with E-state index in [0.29, 0.717) is 0 Å². The summed E-state index contributed by atoms with van der Waals surface area (Å²) in [7, 11) is 1.21. The molecule has 0 bridgehead atoms. The second kappa shape index (κ2) is 4.44. The van der Waals surface area contributed by atoms with Crippen LogP contribution in [0.5, 0.6) is 0 Å². The van der Waals surface area contributed by atoms with Crippen molar-refractivity contribution in [3.05, 3.63) is 0 Å². The van der Waals surface area contributed by atoms with Crippen LogP contribution in [0.1, 0.15) is 39.0 Å². The number of carbonyl (C=O) groups is 2. The van der Waals surface area contributed by atoms with Gasteiger partial charge in [-0.2, -0.15) is 0 Å². The van der Waals surface area contributed by atoms with E-state index in [4.69, 9.17) is 0 Å². The lowest BCUT2D eigenvalue weighted by Crippen LogP contribution is -2.49. The molecule has 1 aliphatic carbocycles. The predicted octanol–water partition coefficient (Wildman–Crippen LogP) is 0.998. The highest BCUT2D eigenvalue weighted by Crippen LogP contribution is 2.27. The van der Waals surface area contributed by atoms with Gasteiger partial charge in [0, 0.05) is 5.54 Å². The Hall–Kier alpha value is -1.06. The molecule has 0 radical (unpaired) electrons. The molecule has 0 heterocycles. The van der Waals surface area contributed by atoms with Gasteiger partial charge >= 0.3 is 11.9 Å². The Balaban J connectivity index is 2.49. The fraction of sp³-hybridized carbons (Fsp3) is 0.800. The Morgan fingerprint density at radius 2 is 1.79 bits per heavy atom. The second-order valence-electron chi connectivity index (χ2n) is 4.07. The Labute approximate surface area is 84.0 Å². The quantitative estimate of drug-likeness (QED) is 0.506. The average molecular weight is 199 g/mol. The second-order valence-corrected chi connectivity index (χ2v) is 4.07. The smallest absolute Gasteiger partial charge is 0.396 e. The van der Waals surface area contributed by atoms with Gasteiger partial charge in [0.15, 0.2) is 0 Å². The minimum atomic E-state index is -0.809. The van der Waals surface area contributed by atoms with Crippen LogP contribution in [-0.2, 0) is 14.3 Å². The van der Waals surface area contributed by atoms with Gasteiger partial charge in [-0.1, -0.05) is 19.3 Å². The van der Waals surface area contributed by atoms with Gasteiger partial charge in [-0.05, 0) is 19.8 Å². The fourth-order valence-electron chi connectivity index (χ4n) is 1.87. The van der Waals surface area contributed by atoms with Gasteiger partial charge in [0.2, 0.25) is 0 Å². The van der Waals surface area contributed by atoms with Crippen molar-refractivity contribution in [2.75, 3.05) is 7.11 Å². The first-order chi connectivity index (χ1) is 6.57. The van der Waals surface area contributed by atoms with Crippen LogP contribution in [0.2, 0.25) is 0 Å². The molecule has 1 rings (SSSR count). The minimum absolute atomic E-state index is 0.219. The Morgan fingerprint density at radius 1 is 1.21 bits per heavy atom. The first kappa shape index (κ1) is 11.0. The topological polar surface area (TPSA) is 55.4 Å².